The molecule has 0 fully saturated rings. The topological polar surface area (TPSA) is 27.1 Å². The van der Waals surface area contributed by atoms with Crippen LogP contribution in [0.3, 0.4) is 0 Å². The van der Waals surface area contributed by atoms with Gasteiger partial charge in [0.1, 0.15) is 11.6 Å². The lowest BCUT2D eigenvalue weighted by molar-refractivity contribution is 0.220. The summed E-state index contributed by atoms with van der Waals surface area (Å²) in [7, 11) is 0. The highest BCUT2D eigenvalue weighted by Crippen LogP contribution is 2.33. The van der Waals surface area contributed by atoms with Gasteiger partial charge in [-0.15, -0.1) is 12.4 Å². The summed E-state index contributed by atoms with van der Waals surface area (Å²) in [5.74, 6) is 0.691. The van der Waals surface area contributed by atoms with Gasteiger partial charge in [-0.3, -0.25) is 0 Å². The third kappa shape index (κ3) is 3.76. The summed E-state index contributed by atoms with van der Waals surface area (Å²) in [5, 5.41) is 1.20. The lowest BCUT2D eigenvalue weighted by atomic mass is 10.1. The summed E-state index contributed by atoms with van der Waals surface area (Å²) in [5.41, 5.74) is 6.01. The summed E-state index contributed by atoms with van der Waals surface area (Å²) in [6.07, 6.45) is 1.78. The highest BCUT2D eigenvalue weighted by Gasteiger charge is 2.18. The van der Waals surface area contributed by atoms with Crippen molar-refractivity contribution in [3.8, 4) is 5.88 Å². The van der Waals surface area contributed by atoms with Gasteiger partial charge in [0.25, 0.3) is 0 Å². The van der Waals surface area contributed by atoms with E-state index in [1.54, 1.807) is 0 Å². The van der Waals surface area contributed by atoms with Gasteiger partial charge in [0, 0.05) is 23.8 Å². The Labute approximate surface area is 172 Å². The Morgan fingerprint density at radius 3 is 2.25 bits per heavy atom. The van der Waals surface area contributed by atoms with Crippen molar-refractivity contribution in [3.63, 3.8) is 0 Å². The quantitative estimate of drug-likeness (QED) is 0.400. The first-order valence-corrected chi connectivity index (χ1v) is 9.35. The van der Waals surface area contributed by atoms with Gasteiger partial charge in [-0.05, 0) is 43.5 Å². The standard InChI is InChI=1S/C24H24N2O.ClH/c1-17-18(2)26(16-20-10-6-4-7-11-20)23-22(17)14-15-25-24(23)27-19(3)21-12-8-5-9-13-21;/h4-15,19H,16H2,1-3H3;1H. The summed E-state index contributed by atoms with van der Waals surface area (Å²) in [6.45, 7) is 7.21. The van der Waals surface area contributed by atoms with E-state index in [4.69, 9.17) is 4.74 Å². The molecule has 28 heavy (non-hydrogen) atoms. The van der Waals surface area contributed by atoms with Crippen LogP contribution in [0.15, 0.2) is 72.9 Å². The largest absolute Gasteiger partial charge is 0.468 e. The molecule has 0 aliphatic carbocycles. The van der Waals surface area contributed by atoms with Gasteiger partial charge in [-0.1, -0.05) is 60.7 Å². The highest BCUT2D eigenvalue weighted by molar-refractivity contribution is 5.89. The van der Waals surface area contributed by atoms with E-state index < -0.39 is 0 Å². The van der Waals surface area contributed by atoms with Gasteiger partial charge in [-0.2, -0.15) is 0 Å². The third-order valence-corrected chi connectivity index (χ3v) is 5.25. The maximum absolute atomic E-state index is 6.33. The van der Waals surface area contributed by atoms with Crippen LogP contribution in [0, 0.1) is 13.8 Å². The zero-order valence-electron chi connectivity index (χ0n) is 16.4. The van der Waals surface area contributed by atoms with E-state index in [2.05, 4.69) is 72.8 Å². The zero-order chi connectivity index (χ0) is 18.8. The third-order valence-electron chi connectivity index (χ3n) is 5.25. The van der Waals surface area contributed by atoms with Crippen LogP contribution in [0.2, 0.25) is 0 Å². The van der Waals surface area contributed by atoms with Gasteiger partial charge >= 0.3 is 0 Å². The molecule has 0 spiro atoms. The minimum atomic E-state index is -0.0648. The monoisotopic (exact) mass is 392 g/mol. The Morgan fingerprint density at radius 2 is 1.57 bits per heavy atom. The van der Waals surface area contributed by atoms with Crippen molar-refractivity contribution >= 4 is 23.3 Å². The summed E-state index contributed by atoms with van der Waals surface area (Å²) >= 11 is 0. The first kappa shape index (κ1) is 20.0. The summed E-state index contributed by atoms with van der Waals surface area (Å²) in [4.78, 5) is 4.59. The lowest BCUT2D eigenvalue weighted by Crippen LogP contribution is -2.07. The molecule has 1 atom stereocenters. The molecule has 1 unspecified atom stereocenters. The fraction of sp³-hybridized carbons (Fsp3) is 0.208. The molecule has 2 heterocycles. The number of nitrogens with zero attached hydrogens (tertiary/aromatic N) is 2. The minimum absolute atomic E-state index is 0. The number of aryl methyl sites for hydroxylation is 1. The predicted molar refractivity (Wildman–Crippen MR) is 117 cm³/mol. The fourth-order valence-corrected chi connectivity index (χ4v) is 3.57. The Balaban J connectivity index is 0.00000225. The van der Waals surface area contributed by atoms with Gasteiger partial charge in [-0.25, -0.2) is 4.98 Å². The molecule has 0 bridgehead atoms. The predicted octanol–water partition coefficient (Wildman–Crippen LogP) is 6.26. The molecule has 2 aromatic heterocycles. The van der Waals surface area contributed by atoms with Crippen molar-refractivity contribution in [1.29, 1.82) is 0 Å². The van der Waals surface area contributed by atoms with Crippen molar-refractivity contribution in [2.75, 3.05) is 0 Å². The maximum atomic E-state index is 6.33. The first-order valence-electron chi connectivity index (χ1n) is 9.35. The number of hydrogen-bond donors (Lipinski definition) is 0. The lowest BCUT2D eigenvalue weighted by Gasteiger charge is -2.17. The normalized spacial score (nSPS) is 11.8. The zero-order valence-corrected chi connectivity index (χ0v) is 17.2. The fourth-order valence-electron chi connectivity index (χ4n) is 3.57. The van der Waals surface area contributed by atoms with Gasteiger partial charge in [0.15, 0.2) is 0 Å². The second-order valence-electron chi connectivity index (χ2n) is 6.97. The molecule has 4 rings (SSSR count). The molecule has 4 aromatic rings. The van der Waals surface area contributed by atoms with Gasteiger partial charge in [0.2, 0.25) is 5.88 Å². The number of ether oxygens (including phenoxy) is 1. The van der Waals surface area contributed by atoms with E-state index in [1.807, 2.05) is 30.5 Å². The maximum Gasteiger partial charge on any atom is 0.239 e. The average molecular weight is 393 g/mol. The number of aromatic nitrogens is 2. The molecule has 0 radical (unpaired) electrons. The van der Waals surface area contributed by atoms with E-state index in [1.165, 1.54) is 22.2 Å². The SMILES string of the molecule is Cc1c(C)n(Cc2ccccc2)c2c(OC(C)c3ccccc3)nccc12.Cl. The van der Waals surface area contributed by atoms with E-state index in [-0.39, 0.29) is 18.5 Å². The molecular formula is C24H25ClN2O. The Hall–Kier alpha value is -2.78. The number of benzene rings is 2. The Morgan fingerprint density at radius 1 is 0.929 bits per heavy atom. The van der Waals surface area contributed by atoms with Crippen LogP contribution in [0.5, 0.6) is 5.88 Å². The number of hydrogen-bond acceptors (Lipinski definition) is 2. The number of halogens is 1. The van der Waals surface area contributed by atoms with Crippen LogP contribution in [0.4, 0.5) is 0 Å². The van der Waals surface area contributed by atoms with E-state index in [0.29, 0.717) is 5.88 Å². The van der Waals surface area contributed by atoms with Crippen LogP contribution < -0.4 is 4.74 Å². The second kappa shape index (κ2) is 8.49. The van der Waals surface area contributed by atoms with Crippen molar-refractivity contribution in [1.82, 2.24) is 9.55 Å². The van der Waals surface area contributed by atoms with E-state index in [9.17, 15) is 0 Å². The first-order chi connectivity index (χ1) is 13.1. The Kier molecular flexibility index (Phi) is 6.05. The molecule has 0 aliphatic rings. The minimum Gasteiger partial charge on any atom is -0.468 e. The summed E-state index contributed by atoms with van der Waals surface area (Å²) in [6, 6.07) is 22.9. The molecule has 0 saturated carbocycles. The van der Waals surface area contributed by atoms with Crippen LogP contribution in [-0.4, -0.2) is 9.55 Å². The van der Waals surface area contributed by atoms with Crippen molar-refractivity contribution in [2.45, 2.75) is 33.4 Å². The highest BCUT2D eigenvalue weighted by atomic mass is 35.5. The summed E-state index contributed by atoms with van der Waals surface area (Å²) < 4.78 is 8.65. The average Bonchev–Trinajstić information content (AvgIpc) is 2.95. The molecule has 0 saturated heterocycles. The number of fused-ring (bicyclic) bond motifs is 1. The van der Waals surface area contributed by atoms with Crippen LogP contribution in [0.25, 0.3) is 10.9 Å². The van der Waals surface area contributed by atoms with Crippen LogP contribution in [0.1, 0.15) is 35.4 Å². The molecule has 3 nitrogen and oxygen atoms in total. The molecule has 2 aromatic carbocycles. The van der Waals surface area contributed by atoms with E-state index in [0.717, 1.165) is 17.6 Å². The molecule has 0 aliphatic heterocycles. The van der Waals surface area contributed by atoms with Crippen molar-refractivity contribution in [3.05, 3.63) is 95.3 Å². The second-order valence-corrected chi connectivity index (χ2v) is 6.97. The molecule has 0 amide bonds. The van der Waals surface area contributed by atoms with Crippen molar-refractivity contribution in [2.24, 2.45) is 0 Å². The molecule has 4 heteroatoms. The molecule has 144 valence electrons. The van der Waals surface area contributed by atoms with Crippen molar-refractivity contribution < 1.29 is 4.74 Å². The van der Waals surface area contributed by atoms with Crippen LogP contribution >= 0.6 is 12.4 Å². The number of pyridine rings is 1. The van der Waals surface area contributed by atoms with Gasteiger partial charge in [0.05, 0.1) is 0 Å². The smallest absolute Gasteiger partial charge is 0.239 e. The molecule has 0 N–H and O–H groups in total. The van der Waals surface area contributed by atoms with E-state index >= 15 is 0 Å². The van der Waals surface area contributed by atoms with Gasteiger partial charge < -0.3 is 9.30 Å². The molecular weight excluding hydrogens is 368 g/mol. The van der Waals surface area contributed by atoms with Crippen LogP contribution in [-0.2, 0) is 6.54 Å². The Bertz CT molecular complexity index is 1060. The number of rotatable bonds is 5.